The number of nitrogens with zero attached hydrogens (tertiary/aromatic N) is 4. The average molecular weight is 657 g/mol. The molecule has 7 nitrogen and oxygen atoms in total. The number of allylic oxidation sites excluding steroid dienone is 2. The molecule has 1 aliphatic rings. The standard InChI is InChI=1S/C32H26F6N4O3Si/c1-3-42(24-11-9-22(10-12-24)28(21-41)23(19-39)20-40)17-18-44-46(2,26-7-5-4-6-8-26)27-15-13-25(14-16-27)45-32(38)30(35,36)29(33,34)31(32,37)43/h4-16,43H,3,17-18H2,1-2H3. The van der Waals surface area contributed by atoms with Gasteiger partial charge in [0.15, 0.2) is 0 Å². The van der Waals surface area contributed by atoms with Gasteiger partial charge in [0.05, 0.1) is 12.2 Å². The van der Waals surface area contributed by atoms with Crippen LogP contribution < -0.4 is 20.0 Å². The largest absolute Gasteiger partial charge is 0.448 e. The Balaban J connectivity index is 1.54. The quantitative estimate of drug-likeness (QED) is 0.171. The number of hydrogen-bond acceptors (Lipinski definition) is 7. The van der Waals surface area contributed by atoms with Crippen LogP contribution >= 0.6 is 0 Å². The average Bonchev–Trinajstić information content (AvgIpc) is 3.05. The Morgan fingerprint density at radius 3 is 1.87 bits per heavy atom. The molecule has 0 radical (unpaired) electrons. The van der Waals surface area contributed by atoms with Crippen LogP contribution in [0.2, 0.25) is 6.55 Å². The van der Waals surface area contributed by atoms with E-state index in [1.54, 1.807) is 54.6 Å². The first-order valence-electron chi connectivity index (χ1n) is 13.8. The van der Waals surface area contributed by atoms with E-state index in [0.717, 1.165) is 23.0 Å². The number of halogens is 6. The van der Waals surface area contributed by atoms with Gasteiger partial charge in [-0.05, 0) is 53.7 Å². The van der Waals surface area contributed by atoms with Crippen molar-refractivity contribution in [2.24, 2.45) is 0 Å². The SMILES string of the molecule is CCN(CCO[Si](C)(c1ccccc1)c1ccc(OC2(F)C(O)(F)C(F)(F)C2(F)F)cc1)c1ccc(C(C#N)=C(C#N)C#N)cc1. The third-order valence-electron chi connectivity index (χ3n) is 7.87. The van der Waals surface area contributed by atoms with Crippen molar-refractivity contribution >= 4 is 30.0 Å². The van der Waals surface area contributed by atoms with Gasteiger partial charge in [-0.1, -0.05) is 54.6 Å². The Morgan fingerprint density at radius 2 is 1.37 bits per heavy atom. The van der Waals surface area contributed by atoms with Gasteiger partial charge in [-0.15, -0.1) is 0 Å². The molecular formula is C32H26F6N4O3Si. The zero-order chi connectivity index (χ0) is 34.0. The number of ether oxygens (including phenoxy) is 1. The van der Waals surface area contributed by atoms with Gasteiger partial charge in [-0.2, -0.15) is 42.1 Å². The van der Waals surface area contributed by atoms with E-state index >= 15 is 0 Å². The van der Waals surface area contributed by atoms with E-state index in [4.69, 9.17) is 14.9 Å². The predicted molar refractivity (Wildman–Crippen MR) is 158 cm³/mol. The Morgan fingerprint density at radius 1 is 0.804 bits per heavy atom. The molecule has 0 aliphatic heterocycles. The molecule has 1 fully saturated rings. The fraction of sp³-hybridized carbons (Fsp3) is 0.281. The molecule has 3 aromatic rings. The van der Waals surface area contributed by atoms with Crippen LogP contribution in [0.5, 0.6) is 5.75 Å². The minimum absolute atomic E-state index is 0.0367. The lowest BCUT2D eigenvalue weighted by atomic mass is 9.76. The summed E-state index contributed by atoms with van der Waals surface area (Å²) in [5, 5.41) is 38.2. The van der Waals surface area contributed by atoms with E-state index in [2.05, 4.69) is 4.74 Å². The molecule has 14 heteroatoms. The number of aliphatic hydroxyl groups is 1. The van der Waals surface area contributed by atoms with E-state index in [1.165, 1.54) is 12.1 Å². The van der Waals surface area contributed by atoms with Gasteiger partial charge in [-0.3, -0.25) is 0 Å². The molecule has 1 saturated carbocycles. The minimum Gasteiger partial charge on any atom is -0.448 e. The number of alkyl halides is 6. The maximum Gasteiger partial charge on any atom is 0.390 e. The monoisotopic (exact) mass is 656 g/mol. The summed E-state index contributed by atoms with van der Waals surface area (Å²) >= 11 is 0. The third-order valence-corrected chi connectivity index (χ3v) is 11.5. The molecule has 0 spiro atoms. The molecule has 0 aromatic heterocycles. The number of rotatable bonds is 11. The zero-order valence-corrected chi connectivity index (χ0v) is 25.4. The van der Waals surface area contributed by atoms with E-state index in [1.807, 2.05) is 36.6 Å². The molecule has 4 rings (SSSR count). The van der Waals surface area contributed by atoms with Gasteiger partial charge in [0.1, 0.15) is 29.5 Å². The van der Waals surface area contributed by atoms with Crippen LogP contribution in [0.1, 0.15) is 12.5 Å². The van der Waals surface area contributed by atoms with Gasteiger partial charge in [0.25, 0.3) is 8.32 Å². The van der Waals surface area contributed by atoms with E-state index in [9.17, 15) is 36.7 Å². The van der Waals surface area contributed by atoms with Crippen molar-refractivity contribution in [3.05, 3.63) is 90.0 Å². The third kappa shape index (κ3) is 5.37. The Bertz CT molecular complexity index is 1700. The lowest BCUT2D eigenvalue weighted by molar-refractivity contribution is -0.535. The maximum absolute atomic E-state index is 14.7. The van der Waals surface area contributed by atoms with Crippen LogP contribution in [0.25, 0.3) is 5.57 Å². The van der Waals surface area contributed by atoms with E-state index in [0.29, 0.717) is 23.8 Å². The van der Waals surface area contributed by atoms with Crippen molar-refractivity contribution in [1.29, 1.82) is 15.8 Å². The number of benzene rings is 3. The Labute approximate surface area is 261 Å². The molecule has 0 bridgehead atoms. The lowest BCUT2D eigenvalue weighted by Gasteiger charge is -2.53. The Hall–Kier alpha value is -4.81. The number of nitriles is 3. The second kappa shape index (κ2) is 12.5. The minimum atomic E-state index is -5.69. The summed E-state index contributed by atoms with van der Waals surface area (Å²) in [7, 11) is -3.06. The first-order chi connectivity index (χ1) is 21.6. The summed E-state index contributed by atoms with van der Waals surface area (Å²) in [6.45, 7) is 4.95. The van der Waals surface area contributed by atoms with Gasteiger partial charge in [0, 0.05) is 18.8 Å². The van der Waals surface area contributed by atoms with Gasteiger partial charge in [-0.25, -0.2) is 0 Å². The maximum atomic E-state index is 14.7. The fourth-order valence-electron chi connectivity index (χ4n) is 5.05. The molecule has 0 amide bonds. The molecular weight excluding hydrogens is 630 g/mol. The van der Waals surface area contributed by atoms with Crippen molar-refractivity contribution in [2.45, 2.75) is 37.0 Å². The smallest absolute Gasteiger partial charge is 0.390 e. The summed E-state index contributed by atoms with van der Waals surface area (Å²) in [5.41, 5.74) is 0.859. The molecule has 0 saturated heterocycles. The van der Waals surface area contributed by atoms with Crippen LogP contribution in [-0.4, -0.2) is 56.7 Å². The molecule has 46 heavy (non-hydrogen) atoms. The van der Waals surface area contributed by atoms with Crippen LogP contribution in [0.3, 0.4) is 0 Å². The van der Waals surface area contributed by atoms with Crippen LogP contribution in [0.4, 0.5) is 32.0 Å². The molecule has 3 aromatic carbocycles. The molecule has 3 unspecified atom stereocenters. The second-order valence-corrected chi connectivity index (χ2v) is 14.0. The molecule has 238 valence electrons. The van der Waals surface area contributed by atoms with Crippen molar-refractivity contribution in [3.63, 3.8) is 0 Å². The fourth-order valence-corrected chi connectivity index (χ4v) is 7.85. The van der Waals surface area contributed by atoms with E-state index < -0.39 is 37.6 Å². The van der Waals surface area contributed by atoms with Crippen molar-refractivity contribution in [1.82, 2.24) is 0 Å². The summed E-state index contributed by atoms with van der Waals surface area (Å²) in [4.78, 5) is 1.99. The molecule has 3 atom stereocenters. The van der Waals surface area contributed by atoms with Gasteiger partial charge >= 0.3 is 23.6 Å². The summed E-state index contributed by atoms with van der Waals surface area (Å²) in [6.07, 6.45) is 0. The van der Waals surface area contributed by atoms with Crippen molar-refractivity contribution < 1.29 is 40.6 Å². The first-order valence-corrected chi connectivity index (χ1v) is 16.2. The predicted octanol–water partition coefficient (Wildman–Crippen LogP) is 5.23. The summed E-state index contributed by atoms with van der Waals surface area (Å²) in [5.74, 6) is -22.3. The summed E-state index contributed by atoms with van der Waals surface area (Å²) in [6, 6.07) is 25.9. The van der Waals surface area contributed by atoms with Crippen molar-refractivity contribution in [2.75, 3.05) is 24.6 Å². The van der Waals surface area contributed by atoms with Crippen LogP contribution in [0.15, 0.2) is 84.4 Å². The van der Waals surface area contributed by atoms with E-state index in [-0.39, 0.29) is 17.8 Å². The highest BCUT2D eigenvalue weighted by Crippen LogP contribution is 2.66. The highest BCUT2D eigenvalue weighted by molar-refractivity contribution is 6.96. The highest BCUT2D eigenvalue weighted by Gasteiger charge is 3.01. The number of anilines is 1. The Kier molecular flexibility index (Phi) is 9.28. The molecule has 0 heterocycles. The highest BCUT2D eigenvalue weighted by atomic mass is 28.4. The number of hydrogen-bond donors (Lipinski definition) is 1. The number of likely N-dealkylation sites (N-methyl/N-ethyl adjacent to an activating group) is 1. The molecule has 1 N–H and O–H groups in total. The summed E-state index contributed by atoms with van der Waals surface area (Å²) < 4.78 is 93.8. The lowest BCUT2D eigenvalue weighted by Crippen LogP contribution is -2.88. The second-order valence-electron chi connectivity index (χ2n) is 10.5. The van der Waals surface area contributed by atoms with Crippen molar-refractivity contribution in [3.8, 4) is 24.0 Å². The topological polar surface area (TPSA) is 113 Å². The van der Waals surface area contributed by atoms with Crippen LogP contribution in [0, 0.1) is 34.0 Å². The van der Waals surface area contributed by atoms with Gasteiger partial charge < -0.3 is 19.2 Å². The zero-order valence-electron chi connectivity index (χ0n) is 24.4. The normalized spacial score (nSPS) is 22.1. The first kappa shape index (κ1) is 34.1. The van der Waals surface area contributed by atoms with Crippen LogP contribution in [-0.2, 0) is 4.43 Å². The van der Waals surface area contributed by atoms with Gasteiger partial charge in [0.2, 0.25) is 0 Å². The molecule has 1 aliphatic carbocycles.